The van der Waals surface area contributed by atoms with E-state index in [2.05, 4.69) is 10.2 Å². The number of amides is 1. The first-order valence-electron chi connectivity index (χ1n) is 5.70. The van der Waals surface area contributed by atoms with Crippen molar-refractivity contribution in [3.8, 4) is 0 Å². The summed E-state index contributed by atoms with van der Waals surface area (Å²) in [6, 6.07) is 0.959. The summed E-state index contributed by atoms with van der Waals surface area (Å²) in [7, 11) is 0. The van der Waals surface area contributed by atoms with E-state index < -0.39 is 0 Å². The lowest BCUT2D eigenvalue weighted by Crippen LogP contribution is -2.47. The fourth-order valence-electron chi connectivity index (χ4n) is 2.33. The van der Waals surface area contributed by atoms with E-state index in [0.29, 0.717) is 5.69 Å². The highest BCUT2D eigenvalue weighted by Gasteiger charge is 2.35. The number of hydrogen-bond donors (Lipinski definition) is 2. The van der Waals surface area contributed by atoms with Crippen molar-refractivity contribution in [3.05, 3.63) is 18.0 Å². The summed E-state index contributed by atoms with van der Waals surface area (Å²) in [4.78, 5) is 25.2. The number of primary amides is 1. The van der Waals surface area contributed by atoms with Crippen molar-refractivity contribution in [2.24, 2.45) is 5.73 Å². The van der Waals surface area contributed by atoms with Gasteiger partial charge in [0.05, 0.1) is 12.1 Å². The summed E-state index contributed by atoms with van der Waals surface area (Å²) in [5.41, 5.74) is 5.80. The molecule has 0 aromatic carbocycles. The lowest BCUT2D eigenvalue weighted by atomic mass is 10.1. The first kappa shape index (κ1) is 11.8. The number of nitrogens with two attached hydrogens (primary N) is 1. The number of ketones is 1. The Kier molecular flexibility index (Phi) is 3.23. The lowest BCUT2D eigenvalue weighted by molar-refractivity contribution is -0.122. The second kappa shape index (κ2) is 4.67. The van der Waals surface area contributed by atoms with Gasteiger partial charge in [0.1, 0.15) is 5.69 Å². The third-order valence-corrected chi connectivity index (χ3v) is 3.27. The van der Waals surface area contributed by atoms with Crippen LogP contribution in [0, 0.1) is 0 Å². The van der Waals surface area contributed by atoms with Gasteiger partial charge in [0.15, 0.2) is 5.78 Å². The highest BCUT2D eigenvalue weighted by atomic mass is 16.2. The molecule has 1 aliphatic rings. The highest BCUT2D eigenvalue weighted by molar-refractivity contribution is 5.98. The van der Waals surface area contributed by atoms with Crippen LogP contribution in [0.1, 0.15) is 30.3 Å². The van der Waals surface area contributed by atoms with Gasteiger partial charge in [0, 0.05) is 6.20 Å². The Morgan fingerprint density at radius 3 is 3.00 bits per heavy atom. The predicted octanol–water partition coefficient (Wildman–Crippen LogP) is -0.0694. The predicted molar refractivity (Wildman–Crippen MR) is 61.3 cm³/mol. The van der Waals surface area contributed by atoms with Gasteiger partial charge in [0.2, 0.25) is 5.91 Å². The molecule has 2 atom stereocenters. The molecule has 1 unspecified atom stereocenters. The Bertz CT molecular complexity index is 415. The number of H-pyrrole nitrogens is 1. The maximum Gasteiger partial charge on any atom is 0.234 e. The Labute approximate surface area is 99.2 Å². The molecule has 1 amide bonds. The minimum atomic E-state index is -0.355. The van der Waals surface area contributed by atoms with Gasteiger partial charge >= 0.3 is 0 Å². The normalized spacial score (nSPS) is 22.5. The first-order valence-corrected chi connectivity index (χ1v) is 5.70. The molecule has 3 N–H and O–H groups in total. The van der Waals surface area contributed by atoms with Crippen LogP contribution in [-0.4, -0.2) is 45.4 Å². The molecule has 1 fully saturated rings. The number of carbonyl (C=O) groups is 2. The number of Topliss-reactive ketones (excluding diaryl/α,β-unsaturated/α-hetero) is 1. The van der Waals surface area contributed by atoms with Gasteiger partial charge in [-0.15, -0.1) is 0 Å². The van der Waals surface area contributed by atoms with Gasteiger partial charge in [-0.05, 0) is 32.4 Å². The molecule has 1 aromatic rings. The summed E-state index contributed by atoms with van der Waals surface area (Å²) < 4.78 is 0. The molecule has 6 heteroatoms. The zero-order valence-electron chi connectivity index (χ0n) is 9.72. The Morgan fingerprint density at radius 2 is 2.41 bits per heavy atom. The van der Waals surface area contributed by atoms with Crippen LogP contribution in [0.5, 0.6) is 0 Å². The van der Waals surface area contributed by atoms with E-state index >= 15 is 0 Å². The van der Waals surface area contributed by atoms with Crippen LogP contribution in [0.25, 0.3) is 0 Å². The van der Waals surface area contributed by atoms with Crippen molar-refractivity contribution >= 4 is 11.7 Å². The van der Waals surface area contributed by atoms with Crippen molar-refractivity contribution in [3.63, 3.8) is 0 Å². The zero-order valence-corrected chi connectivity index (χ0v) is 9.72. The summed E-state index contributed by atoms with van der Waals surface area (Å²) >= 11 is 0. The highest BCUT2D eigenvalue weighted by Crippen LogP contribution is 2.21. The van der Waals surface area contributed by atoms with Crippen molar-refractivity contribution < 1.29 is 9.59 Å². The number of nitrogens with zero attached hydrogens (tertiary/aromatic N) is 2. The molecule has 0 saturated carbocycles. The van der Waals surface area contributed by atoms with E-state index in [1.165, 1.54) is 6.20 Å². The number of likely N-dealkylation sites (tertiary alicyclic amines) is 1. The second-order valence-electron chi connectivity index (χ2n) is 4.31. The molecule has 0 aliphatic carbocycles. The summed E-state index contributed by atoms with van der Waals surface area (Å²) in [6.45, 7) is 2.53. The van der Waals surface area contributed by atoms with Gasteiger partial charge in [-0.2, -0.15) is 5.10 Å². The third kappa shape index (κ3) is 2.21. The average Bonchev–Trinajstić information content (AvgIpc) is 2.97. The first-order chi connectivity index (χ1) is 8.11. The quantitative estimate of drug-likeness (QED) is 0.716. The number of carbonyl (C=O) groups excluding carboxylic acids is 2. The SMILES string of the molecule is CC(C(=O)c1ccn[nH]1)N1CCC[C@H]1C(N)=O. The monoisotopic (exact) mass is 236 g/mol. The smallest absolute Gasteiger partial charge is 0.234 e. The molecule has 6 nitrogen and oxygen atoms in total. The van der Waals surface area contributed by atoms with Crippen LogP contribution < -0.4 is 5.73 Å². The van der Waals surface area contributed by atoms with Crippen molar-refractivity contribution in [1.82, 2.24) is 15.1 Å². The molecule has 92 valence electrons. The van der Waals surface area contributed by atoms with Gasteiger partial charge in [-0.25, -0.2) is 0 Å². The van der Waals surface area contributed by atoms with Gasteiger partial charge < -0.3 is 5.73 Å². The topological polar surface area (TPSA) is 92.1 Å². The standard InChI is InChI=1S/C11H16N4O2/c1-7(10(16)8-4-5-13-14-8)15-6-2-3-9(15)11(12)17/h4-5,7,9H,2-3,6H2,1H3,(H2,12,17)(H,13,14)/t7?,9-/m0/s1. The van der Waals surface area contributed by atoms with E-state index in [1.807, 2.05) is 4.90 Å². The molecule has 0 bridgehead atoms. The van der Waals surface area contributed by atoms with Crippen molar-refractivity contribution in [2.75, 3.05) is 6.54 Å². The van der Waals surface area contributed by atoms with Crippen LogP contribution in [-0.2, 0) is 4.79 Å². The molecular weight excluding hydrogens is 220 g/mol. The number of nitrogens with one attached hydrogen (secondary N) is 1. The van der Waals surface area contributed by atoms with E-state index in [-0.39, 0.29) is 23.8 Å². The van der Waals surface area contributed by atoms with Crippen molar-refractivity contribution in [1.29, 1.82) is 0 Å². The van der Waals surface area contributed by atoms with E-state index in [9.17, 15) is 9.59 Å². The molecule has 0 radical (unpaired) electrons. The van der Waals surface area contributed by atoms with Crippen LogP contribution in [0.15, 0.2) is 12.3 Å². The summed E-state index contributed by atoms with van der Waals surface area (Å²) in [6.07, 6.45) is 3.17. The molecule has 1 aliphatic heterocycles. The Hall–Kier alpha value is -1.69. The molecular formula is C11H16N4O2. The van der Waals surface area contributed by atoms with E-state index in [4.69, 9.17) is 5.73 Å². The van der Waals surface area contributed by atoms with Crippen LogP contribution in [0.4, 0.5) is 0 Å². The summed E-state index contributed by atoms with van der Waals surface area (Å²) in [5.74, 6) is -0.414. The Morgan fingerprint density at radius 1 is 1.65 bits per heavy atom. The van der Waals surface area contributed by atoms with Gasteiger partial charge in [-0.1, -0.05) is 0 Å². The molecule has 2 rings (SSSR count). The van der Waals surface area contributed by atoms with Crippen LogP contribution in [0.3, 0.4) is 0 Å². The second-order valence-corrected chi connectivity index (χ2v) is 4.31. The molecule has 0 spiro atoms. The zero-order chi connectivity index (χ0) is 12.4. The number of hydrogen-bond acceptors (Lipinski definition) is 4. The molecule has 1 aromatic heterocycles. The van der Waals surface area contributed by atoms with Crippen LogP contribution >= 0.6 is 0 Å². The molecule has 1 saturated heterocycles. The largest absolute Gasteiger partial charge is 0.368 e. The third-order valence-electron chi connectivity index (χ3n) is 3.27. The maximum absolute atomic E-state index is 12.1. The number of aromatic nitrogens is 2. The minimum Gasteiger partial charge on any atom is -0.368 e. The minimum absolute atomic E-state index is 0.0596. The number of aromatic amines is 1. The van der Waals surface area contributed by atoms with Gasteiger partial charge in [-0.3, -0.25) is 19.6 Å². The Balaban J connectivity index is 2.12. The summed E-state index contributed by atoms with van der Waals surface area (Å²) in [5, 5.41) is 6.39. The number of rotatable bonds is 4. The van der Waals surface area contributed by atoms with Crippen LogP contribution in [0.2, 0.25) is 0 Å². The van der Waals surface area contributed by atoms with E-state index in [1.54, 1.807) is 13.0 Å². The average molecular weight is 236 g/mol. The molecule has 17 heavy (non-hydrogen) atoms. The van der Waals surface area contributed by atoms with Crippen molar-refractivity contribution in [2.45, 2.75) is 31.8 Å². The van der Waals surface area contributed by atoms with Gasteiger partial charge in [0.25, 0.3) is 0 Å². The fraction of sp³-hybridized carbons (Fsp3) is 0.545. The fourth-order valence-corrected chi connectivity index (χ4v) is 2.33. The van der Waals surface area contributed by atoms with E-state index in [0.717, 1.165) is 19.4 Å². The maximum atomic E-state index is 12.1. The molecule has 2 heterocycles. The lowest BCUT2D eigenvalue weighted by Gasteiger charge is -2.27.